The van der Waals surface area contributed by atoms with Crippen LogP contribution >= 0.6 is 15.9 Å². The van der Waals surface area contributed by atoms with Gasteiger partial charge in [-0.05, 0) is 36.6 Å². The summed E-state index contributed by atoms with van der Waals surface area (Å²) in [5, 5.41) is 9.47. The first kappa shape index (κ1) is 22.9. The number of hydrogen-bond donors (Lipinski definition) is 1. The molecule has 0 aliphatic heterocycles. The quantitative estimate of drug-likeness (QED) is 0.235. The molecule has 23 heavy (non-hydrogen) atoms. The van der Waals surface area contributed by atoms with Crippen LogP contribution < -0.4 is 0 Å². The van der Waals surface area contributed by atoms with Gasteiger partial charge in [-0.3, -0.25) is 0 Å². The molecule has 0 radical (unpaired) electrons. The monoisotopic (exact) mass is 403 g/mol. The maximum atomic E-state index is 9.47. The zero-order chi connectivity index (χ0) is 16.2. The Morgan fingerprint density at radius 2 is 1.43 bits per heavy atom. The van der Waals surface area contributed by atoms with Crippen molar-refractivity contribution >= 4 is 29.4 Å². The Hall–Kier alpha value is -0.150. The van der Waals surface area contributed by atoms with Crippen LogP contribution in [0.5, 0.6) is 5.75 Å². The van der Waals surface area contributed by atoms with Gasteiger partial charge in [0, 0.05) is 4.83 Å². The molecule has 1 aromatic carbocycles. The van der Waals surface area contributed by atoms with Gasteiger partial charge in [0.05, 0.1) is 0 Å². The molecule has 0 amide bonds. The lowest BCUT2D eigenvalue weighted by Gasteiger charge is -2.13. The number of phenolic OH excluding ortho intramolecular Hbond substituents is 1. The molecule has 0 aliphatic carbocycles. The lowest BCUT2D eigenvalue weighted by atomic mass is 10.0. The number of rotatable bonds is 12. The Morgan fingerprint density at radius 3 is 1.96 bits per heavy atom. The molecule has 0 aliphatic rings. The van der Waals surface area contributed by atoms with Gasteiger partial charge in [0.2, 0.25) is 0 Å². The third-order valence-electron chi connectivity index (χ3n) is 4.40. The number of benzene rings is 1. The number of halogens is 1. The van der Waals surface area contributed by atoms with Gasteiger partial charge in [0.25, 0.3) is 0 Å². The molecule has 3 heteroatoms. The third-order valence-corrected chi connectivity index (χ3v) is 5.35. The van der Waals surface area contributed by atoms with Gasteiger partial charge in [-0.1, -0.05) is 107 Å². The van der Waals surface area contributed by atoms with Gasteiger partial charge in [0.15, 0.2) is 0 Å². The largest absolute Gasteiger partial charge is 0.508 e. The number of aryl methyl sites for hydroxylation is 1. The summed E-state index contributed by atoms with van der Waals surface area (Å²) in [4.78, 5) is 0.419. The van der Waals surface area contributed by atoms with Crippen molar-refractivity contribution in [3.05, 3.63) is 29.3 Å². The summed E-state index contributed by atoms with van der Waals surface area (Å²) in [7, 11) is 0. The average molecular weight is 404 g/mol. The van der Waals surface area contributed by atoms with Crippen LogP contribution in [0.15, 0.2) is 18.2 Å². The van der Waals surface area contributed by atoms with E-state index >= 15 is 0 Å². The molecule has 1 N–H and O–H groups in total. The van der Waals surface area contributed by atoms with Gasteiger partial charge in [-0.15, -0.1) is 0 Å². The second-order valence-electron chi connectivity index (χ2n) is 6.48. The molecular weight excluding hydrogens is 368 g/mol. The normalized spacial score (nSPS) is 12.0. The van der Waals surface area contributed by atoms with Crippen molar-refractivity contribution in [1.29, 1.82) is 0 Å². The standard InChI is InChI=1S/C20H33BrO.H2S/c1-3-4-5-6-7-8-9-10-11-12-13-20(21)19-15-14-18(22)16-17(19)2;/h14-16,20,22H,3-13H2,1-2H3;1H2/p+1. The van der Waals surface area contributed by atoms with Crippen LogP contribution in [0, 0.1) is 6.92 Å². The van der Waals surface area contributed by atoms with E-state index in [1.54, 1.807) is 6.07 Å². The van der Waals surface area contributed by atoms with Crippen molar-refractivity contribution in [2.24, 2.45) is 0 Å². The van der Waals surface area contributed by atoms with Crippen LogP contribution in [0.1, 0.15) is 93.5 Å². The highest BCUT2D eigenvalue weighted by Gasteiger charge is 2.10. The Morgan fingerprint density at radius 1 is 0.913 bits per heavy atom. The molecule has 134 valence electrons. The summed E-state index contributed by atoms with van der Waals surface area (Å²) in [6.07, 6.45) is 15.0. The number of hydrogen-bond acceptors (Lipinski definition) is 1. The van der Waals surface area contributed by atoms with Crippen LogP contribution in [0.2, 0.25) is 0 Å². The second kappa shape index (κ2) is 14.2. The molecule has 0 saturated heterocycles. The molecule has 0 aromatic heterocycles. The first-order valence-electron chi connectivity index (χ1n) is 9.08. The van der Waals surface area contributed by atoms with Crippen molar-refractivity contribution in [2.75, 3.05) is 0 Å². The molecule has 0 bridgehead atoms. The van der Waals surface area contributed by atoms with E-state index in [0.29, 0.717) is 10.6 Å². The topological polar surface area (TPSA) is 20.2 Å². The van der Waals surface area contributed by atoms with E-state index in [9.17, 15) is 5.11 Å². The lowest BCUT2D eigenvalue weighted by molar-refractivity contribution is 0.474. The molecule has 0 heterocycles. The first-order valence-corrected chi connectivity index (χ1v) is 10.00. The fraction of sp³-hybridized carbons (Fsp3) is 0.700. The van der Waals surface area contributed by atoms with Gasteiger partial charge in [-0.25, -0.2) is 0 Å². The zero-order valence-corrected chi connectivity index (χ0v) is 17.7. The summed E-state index contributed by atoms with van der Waals surface area (Å²) < 4.78 is 0. The first-order chi connectivity index (χ1) is 10.6. The maximum Gasteiger partial charge on any atom is 0.115 e. The van der Waals surface area contributed by atoms with E-state index in [4.69, 9.17) is 0 Å². The molecule has 1 atom stereocenters. The van der Waals surface area contributed by atoms with Gasteiger partial charge in [0.1, 0.15) is 5.75 Å². The Bertz CT molecular complexity index is 409. The van der Waals surface area contributed by atoms with Crippen molar-refractivity contribution in [1.82, 2.24) is 0 Å². The Balaban J connectivity index is 0.00000484. The van der Waals surface area contributed by atoms with Crippen LogP contribution in [-0.2, 0) is 13.5 Å². The smallest absolute Gasteiger partial charge is 0.115 e. The fourth-order valence-electron chi connectivity index (χ4n) is 2.98. The van der Waals surface area contributed by atoms with E-state index in [-0.39, 0.29) is 13.5 Å². The summed E-state index contributed by atoms with van der Waals surface area (Å²) >= 11 is 3.80. The highest BCUT2D eigenvalue weighted by Crippen LogP contribution is 2.32. The predicted molar refractivity (Wildman–Crippen MR) is 113 cm³/mol. The lowest BCUT2D eigenvalue weighted by Crippen LogP contribution is -1.94. The van der Waals surface area contributed by atoms with Gasteiger partial charge < -0.3 is 5.11 Å². The van der Waals surface area contributed by atoms with Crippen molar-refractivity contribution in [3.63, 3.8) is 0 Å². The van der Waals surface area contributed by atoms with Crippen LogP contribution in [0.3, 0.4) is 0 Å². The molecule has 0 spiro atoms. The van der Waals surface area contributed by atoms with E-state index in [2.05, 4.69) is 29.8 Å². The molecular formula is C20H36BrOS+. The Kier molecular flexibility index (Phi) is 14.1. The maximum absolute atomic E-state index is 9.47. The average Bonchev–Trinajstić information content (AvgIpc) is 2.49. The van der Waals surface area contributed by atoms with Crippen LogP contribution in [-0.4, -0.2) is 5.11 Å². The van der Waals surface area contributed by atoms with Crippen LogP contribution in [0.25, 0.3) is 0 Å². The number of phenols is 1. The van der Waals surface area contributed by atoms with E-state index < -0.39 is 0 Å². The van der Waals surface area contributed by atoms with Gasteiger partial charge in [-0.2, -0.15) is 0 Å². The van der Waals surface area contributed by atoms with E-state index in [1.165, 1.54) is 81.8 Å². The number of aromatic hydroxyl groups is 1. The molecule has 0 saturated carbocycles. The third kappa shape index (κ3) is 10.3. The highest BCUT2D eigenvalue weighted by atomic mass is 79.9. The number of alkyl halides is 1. The zero-order valence-electron chi connectivity index (χ0n) is 15.0. The summed E-state index contributed by atoms with van der Waals surface area (Å²) in [5.74, 6) is 0.361. The fourth-order valence-corrected chi connectivity index (χ4v) is 3.82. The summed E-state index contributed by atoms with van der Waals surface area (Å²) in [6.45, 7) is 4.35. The summed E-state index contributed by atoms with van der Waals surface area (Å²) in [6, 6.07) is 5.68. The van der Waals surface area contributed by atoms with Crippen LogP contribution in [0.4, 0.5) is 0 Å². The molecule has 0 fully saturated rings. The highest BCUT2D eigenvalue weighted by molar-refractivity contribution is 9.09. The summed E-state index contributed by atoms with van der Waals surface area (Å²) in [5.41, 5.74) is 2.49. The minimum atomic E-state index is 0. The molecule has 1 unspecified atom stereocenters. The molecule has 1 nitrogen and oxygen atoms in total. The SMILES string of the molecule is CCCCCCCCCCCCC(Br)c1ccc(O)cc1C.[SH3+]. The van der Waals surface area contributed by atoms with Crippen molar-refractivity contribution < 1.29 is 5.11 Å². The predicted octanol–water partition coefficient (Wildman–Crippen LogP) is 6.64. The number of unbranched alkanes of at least 4 members (excludes halogenated alkanes) is 9. The minimum absolute atomic E-state index is 0. The van der Waals surface area contributed by atoms with Crippen molar-refractivity contribution in [3.8, 4) is 5.75 Å². The van der Waals surface area contributed by atoms with E-state index in [1.807, 2.05) is 12.1 Å². The van der Waals surface area contributed by atoms with Gasteiger partial charge >= 0.3 is 0 Å². The minimum Gasteiger partial charge on any atom is -0.508 e. The van der Waals surface area contributed by atoms with Crippen molar-refractivity contribution in [2.45, 2.75) is 89.3 Å². The molecule has 1 aromatic rings. The second-order valence-corrected chi connectivity index (χ2v) is 7.58. The van der Waals surface area contributed by atoms with E-state index in [0.717, 1.165) is 0 Å². The molecule has 1 rings (SSSR count). The Labute approximate surface area is 158 Å².